The topological polar surface area (TPSA) is 58.2 Å². The Balaban J connectivity index is 2.44. The molecule has 0 aromatic heterocycles. The Bertz CT molecular complexity index is 339. The van der Waals surface area contributed by atoms with Crippen molar-refractivity contribution in [1.29, 1.82) is 0 Å². The zero-order chi connectivity index (χ0) is 14.7. The smallest absolute Gasteiger partial charge is 0.322 e. The summed E-state index contributed by atoms with van der Waals surface area (Å²) in [5.74, 6) is -0.210. The van der Waals surface area contributed by atoms with Crippen LogP contribution in [-0.4, -0.2) is 48.6 Å². The second-order valence-corrected chi connectivity index (χ2v) is 7.13. The van der Waals surface area contributed by atoms with Gasteiger partial charge in [0.2, 0.25) is 0 Å². The van der Waals surface area contributed by atoms with E-state index in [9.17, 15) is 9.59 Å². The van der Waals surface area contributed by atoms with Crippen LogP contribution in [0.2, 0.25) is 0 Å². The van der Waals surface area contributed by atoms with E-state index in [0.717, 1.165) is 0 Å². The van der Waals surface area contributed by atoms with Crippen molar-refractivity contribution < 1.29 is 14.1 Å². The molecule has 0 aromatic carbocycles. The quantitative estimate of drug-likeness (QED) is 0.766. The summed E-state index contributed by atoms with van der Waals surface area (Å²) in [5, 5.41) is 5.14. The van der Waals surface area contributed by atoms with E-state index in [0.29, 0.717) is 17.1 Å². The standard InChI is InChI=1S/C14H27N3O2/c1-14(2,3)16-13(19)15-12(18)10-17(4,5)11-8-6-7-9-11/h11H,6-10H2,1-5H3,(H-,15,16,18,19)/p+1. The van der Waals surface area contributed by atoms with Gasteiger partial charge in [-0.15, -0.1) is 0 Å². The minimum Gasteiger partial charge on any atom is -0.333 e. The first-order valence-corrected chi connectivity index (χ1v) is 7.05. The molecule has 1 aliphatic carbocycles. The molecule has 0 aromatic rings. The van der Waals surface area contributed by atoms with Crippen LogP contribution >= 0.6 is 0 Å². The molecule has 0 unspecified atom stereocenters. The van der Waals surface area contributed by atoms with Gasteiger partial charge in [-0.1, -0.05) is 0 Å². The Morgan fingerprint density at radius 2 is 1.68 bits per heavy atom. The molecule has 0 spiro atoms. The number of nitrogens with zero attached hydrogens (tertiary/aromatic N) is 1. The van der Waals surface area contributed by atoms with Gasteiger partial charge in [0.1, 0.15) is 0 Å². The maximum atomic E-state index is 11.9. The Hall–Kier alpha value is -1.10. The van der Waals surface area contributed by atoms with E-state index >= 15 is 0 Å². The third-order valence-electron chi connectivity index (χ3n) is 3.61. The minimum absolute atomic E-state index is 0.210. The number of carbonyl (C=O) groups excluding carboxylic acids is 2. The number of hydrogen-bond acceptors (Lipinski definition) is 2. The zero-order valence-electron chi connectivity index (χ0n) is 12.9. The van der Waals surface area contributed by atoms with Gasteiger partial charge in [0, 0.05) is 5.54 Å². The first-order chi connectivity index (χ1) is 8.60. The van der Waals surface area contributed by atoms with Crippen molar-refractivity contribution in [2.75, 3.05) is 20.6 Å². The molecule has 0 radical (unpaired) electrons. The lowest BCUT2D eigenvalue weighted by Crippen LogP contribution is -2.56. The largest absolute Gasteiger partial charge is 0.333 e. The summed E-state index contributed by atoms with van der Waals surface area (Å²) < 4.78 is 0.661. The van der Waals surface area contributed by atoms with Gasteiger partial charge in [-0.25, -0.2) is 4.79 Å². The molecule has 2 N–H and O–H groups in total. The monoisotopic (exact) mass is 270 g/mol. The van der Waals surface area contributed by atoms with Crippen molar-refractivity contribution in [2.45, 2.75) is 58.0 Å². The molecule has 0 bridgehead atoms. The molecule has 5 heteroatoms. The first kappa shape index (κ1) is 16.0. The summed E-state index contributed by atoms with van der Waals surface area (Å²) in [5.41, 5.74) is -0.333. The predicted octanol–water partition coefficient (Wildman–Crippen LogP) is 1.63. The Labute approximate surface area is 116 Å². The van der Waals surface area contributed by atoms with Crippen LogP contribution in [0.4, 0.5) is 4.79 Å². The summed E-state index contributed by atoms with van der Waals surface area (Å²) in [6.07, 6.45) is 4.85. The second-order valence-electron chi connectivity index (χ2n) is 7.13. The molecule has 110 valence electrons. The van der Waals surface area contributed by atoms with Gasteiger partial charge < -0.3 is 9.80 Å². The number of imide groups is 1. The second kappa shape index (κ2) is 5.90. The molecular formula is C14H28N3O2+. The molecule has 1 fully saturated rings. The molecule has 5 nitrogen and oxygen atoms in total. The van der Waals surface area contributed by atoms with E-state index in [1.54, 1.807) is 0 Å². The van der Waals surface area contributed by atoms with E-state index in [1.165, 1.54) is 25.7 Å². The maximum Gasteiger partial charge on any atom is 0.322 e. The number of quaternary nitrogens is 1. The normalized spacial score (nSPS) is 17.3. The van der Waals surface area contributed by atoms with Crippen LogP contribution in [0, 0.1) is 0 Å². The lowest BCUT2D eigenvalue weighted by atomic mass is 10.1. The van der Waals surface area contributed by atoms with Crippen LogP contribution < -0.4 is 10.6 Å². The van der Waals surface area contributed by atoms with E-state index < -0.39 is 6.03 Å². The van der Waals surface area contributed by atoms with Crippen molar-refractivity contribution in [3.63, 3.8) is 0 Å². The molecule has 0 aliphatic heterocycles. The lowest BCUT2D eigenvalue weighted by Gasteiger charge is -2.35. The minimum atomic E-state index is -0.413. The number of hydrogen-bond donors (Lipinski definition) is 2. The van der Waals surface area contributed by atoms with Crippen LogP contribution in [0.15, 0.2) is 0 Å². The van der Waals surface area contributed by atoms with Crippen LogP contribution in [-0.2, 0) is 4.79 Å². The third-order valence-corrected chi connectivity index (χ3v) is 3.61. The van der Waals surface area contributed by atoms with Crippen LogP contribution in [0.1, 0.15) is 46.5 Å². The van der Waals surface area contributed by atoms with Crippen molar-refractivity contribution >= 4 is 11.9 Å². The summed E-state index contributed by atoms with van der Waals surface area (Å²) in [7, 11) is 4.13. The fourth-order valence-electron chi connectivity index (χ4n) is 2.64. The Morgan fingerprint density at radius 1 is 1.16 bits per heavy atom. The summed E-state index contributed by atoms with van der Waals surface area (Å²) in [6.45, 7) is 6.00. The highest BCUT2D eigenvalue weighted by Gasteiger charge is 2.33. The molecule has 19 heavy (non-hydrogen) atoms. The van der Waals surface area contributed by atoms with Gasteiger partial charge in [0.15, 0.2) is 6.54 Å². The maximum absolute atomic E-state index is 11.9. The molecule has 1 saturated carbocycles. The molecule has 1 aliphatic rings. The number of urea groups is 1. The van der Waals surface area contributed by atoms with Gasteiger partial charge in [0.25, 0.3) is 5.91 Å². The zero-order valence-corrected chi connectivity index (χ0v) is 12.9. The van der Waals surface area contributed by atoms with E-state index in [1.807, 2.05) is 20.8 Å². The van der Waals surface area contributed by atoms with Crippen LogP contribution in [0.3, 0.4) is 0 Å². The fourth-order valence-corrected chi connectivity index (χ4v) is 2.64. The van der Waals surface area contributed by atoms with Gasteiger partial charge in [-0.2, -0.15) is 0 Å². The van der Waals surface area contributed by atoms with Crippen LogP contribution in [0.25, 0.3) is 0 Å². The van der Waals surface area contributed by atoms with E-state index in [-0.39, 0.29) is 11.4 Å². The number of amides is 3. The summed E-state index contributed by atoms with van der Waals surface area (Å²) >= 11 is 0. The molecule has 0 atom stereocenters. The summed E-state index contributed by atoms with van der Waals surface area (Å²) in [6, 6.07) is 0.125. The van der Waals surface area contributed by atoms with Gasteiger partial charge >= 0.3 is 6.03 Å². The molecule has 1 rings (SSSR count). The molecular weight excluding hydrogens is 242 g/mol. The average molecular weight is 270 g/mol. The first-order valence-electron chi connectivity index (χ1n) is 7.05. The van der Waals surface area contributed by atoms with Crippen molar-refractivity contribution in [3.05, 3.63) is 0 Å². The predicted molar refractivity (Wildman–Crippen MR) is 75.7 cm³/mol. The third kappa shape index (κ3) is 5.59. The van der Waals surface area contributed by atoms with E-state index in [2.05, 4.69) is 24.7 Å². The average Bonchev–Trinajstić information content (AvgIpc) is 2.64. The van der Waals surface area contributed by atoms with Gasteiger partial charge in [-0.05, 0) is 46.5 Å². The van der Waals surface area contributed by atoms with Crippen molar-refractivity contribution in [1.82, 2.24) is 10.6 Å². The number of nitrogens with one attached hydrogen (secondary N) is 2. The number of carbonyl (C=O) groups is 2. The summed E-state index contributed by atoms with van der Waals surface area (Å²) in [4.78, 5) is 23.6. The van der Waals surface area contributed by atoms with Crippen molar-refractivity contribution in [3.8, 4) is 0 Å². The molecule has 3 amide bonds. The van der Waals surface area contributed by atoms with Crippen molar-refractivity contribution in [2.24, 2.45) is 0 Å². The van der Waals surface area contributed by atoms with Gasteiger partial charge in [0.05, 0.1) is 20.1 Å². The number of rotatable bonds is 3. The highest BCUT2D eigenvalue weighted by molar-refractivity contribution is 5.95. The SMILES string of the molecule is CC(C)(C)NC(=O)NC(=O)C[N+](C)(C)C1CCCC1. The Kier molecular flexibility index (Phi) is 4.96. The number of likely N-dealkylation sites (N-methyl/N-ethyl adjacent to an activating group) is 1. The van der Waals surface area contributed by atoms with Gasteiger partial charge in [-0.3, -0.25) is 10.1 Å². The lowest BCUT2D eigenvalue weighted by molar-refractivity contribution is -0.906. The highest BCUT2D eigenvalue weighted by atomic mass is 16.2. The molecule has 0 saturated heterocycles. The van der Waals surface area contributed by atoms with E-state index in [4.69, 9.17) is 0 Å². The van der Waals surface area contributed by atoms with Crippen LogP contribution in [0.5, 0.6) is 0 Å². The molecule has 0 heterocycles. The Morgan fingerprint density at radius 3 is 2.16 bits per heavy atom. The highest BCUT2D eigenvalue weighted by Crippen LogP contribution is 2.26. The fraction of sp³-hybridized carbons (Fsp3) is 0.857.